The van der Waals surface area contributed by atoms with E-state index in [-0.39, 0.29) is 10.6 Å². The summed E-state index contributed by atoms with van der Waals surface area (Å²) in [7, 11) is 0. The Morgan fingerprint density at radius 3 is 2.65 bits per heavy atom. The van der Waals surface area contributed by atoms with Crippen LogP contribution in [0.2, 0.25) is 0 Å². The second kappa shape index (κ2) is 4.93. The van der Waals surface area contributed by atoms with Crippen molar-refractivity contribution >= 4 is 17.3 Å². The molecule has 0 saturated carbocycles. The maximum atomic E-state index is 11.2. The van der Waals surface area contributed by atoms with E-state index in [0.717, 1.165) is 29.5 Å². The topological polar surface area (TPSA) is 43.1 Å². The van der Waals surface area contributed by atoms with Crippen molar-refractivity contribution in [1.29, 1.82) is 0 Å². The SMILES string of the molecule is Cc1cccc([N+](=O)[O-])c1C1=Cc2ccccc2CC1. The van der Waals surface area contributed by atoms with Crippen molar-refractivity contribution in [2.75, 3.05) is 0 Å². The molecule has 0 spiro atoms. The van der Waals surface area contributed by atoms with E-state index in [9.17, 15) is 10.1 Å². The van der Waals surface area contributed by atoms with Gasteiger partial charge in [0, 0.05) is 6.07 Å². The minimum Gasteiger partial charge on any atom is -0.258 e. The fourth-order valence-corrected chi connectivity index (χ4v) is 2.85. The summed E-state index contributed by atoms with van der Waals surface area (Å²) in [4.78, 5) is 11.0. The number of rotatable bonds is 2. The average Bonchev–Trinajstić information content (AvgIpc) is 2.46. The van der Waals surface area contributed by atoms with Crippen molar-refractivity contribution in [2.45, 2.75) is 19.8 Å². The van der Waals surface area contributed by atoms with Crippen LogP contribution in [0.15, 0.2) is 42.5 Å². The van der Waals surface area contributed by atoms with Gasteiger partial charge < -0.3 is 0 Å². The van der Waals surface area contributed by atoms with E-state index in [1.807, 2.05) is 25.1 Å². The number of nitro benzene ring substituents is 1. The van der Waals surface area contributed by atoms with E-state index in [2.05, 4.69) is 18.2 Å². The lowest BCUT2D eigenvalue weighted by atomic mass is 9.86. The van der Waals surface area contributed by atoms with Gasteiger partial charge in [-0.2, -0.15) is 0 Å². The van der Waals surface area contributed by atoms with Crippen molar-refractivity contribution in [1.82, 2.24) is 0 Å². The van der Waals surface area contributed by atoms with Gasteiger partial charge in [-0.3, -0.25) is 10.1 Å². The summed E-state index contributed by atoms with van der Waals surface area (Å²) in [5.74, 6) is 0. The monoisotopic (exact) mass is 265 g/mol. The number of aryl methyl sites for hydroxylation is 2. The molecule has 1 aliphatic rings. The summed E-state index contributed by atoms with van der Waals surface area (Å²) >= 11 is 0. The number of nitro groups is 1. The van der Waals surface area contributed by atoms with Crippen molar-refractivity contribution in [3.8, 4) is 0 Å². The van der Waals surface area contributed by atoms with E-state index in [4.69, 9.17) is 0 Å². The largest absolute Gasteiger partial charge is 0.277 e. The molecule has 0 N–H and O–H groups in total. The van der Waals surface area contributed by atoms with Crippen LogP contribution in [-0.4, -0.2) is 4.92 Å². The van der Waals surface area contributed by atoms with Crippen molar-refractivity contribution < 1.29 is 4.92 Å². The molecule has 0 radical (unpaired) electrons. The number of hydrogen-bond acceptors (Lipinski definition) is 2. The summed E-state index contributed by atoms with van der Waals surface area (Å²) in [5.41, 5.74) is 5.50. The number of benzene rings is 2. The van der Waals surface area contributed by atoms with Crippen LogP contribution >= 0.6 is 0 Å². The van der Waals surface area contributed by atoms with E-state index in [1.165, 1.54) is 11.1 Å². The first-order valence-electron chi connectivity index (χ1n) is 6.69. The Bertz CT molecular complexity index is 717. The zero-order valence-corrected chi connectivity index (χ0v) is 11.3. The Hall–Kier alpha value is -2.42. The molecule has 0 amide bonds. The lowest BCUT2D eigenvalue weighted by molar-refractivity contribution is -0.385. The van der Waals surface area contributed by atoms with Crippen LogP contribution < -0.4 is 0 Å². The van der Waals surface area contributed by atoms with Crippen molar-refractivity contribution in [3.05, 3.63) is 74.8 Å². The molecule has 0 unspecified atom stereocenters. The van der Waals surface area contributed by atoms with E-state index >= 15 is 0 Å². The van der Waals surface area contributed by atoms with Crippen LogP contribution in [0.25, 0.3) is 11.6 Å². The molecule has 0 heterocycles. The van der Waals surface area contributed by atoms with E-state index in [1.54, 1.807) is 12.1 Å². The fraction of sp³-hybridized carbons (Fsp3) is 0.176. The Morgan fingerprint density at radius 2 is 1.85 bits per heavy atom. The third kappa shape index (κ3) is 2.11. The predicted octanol–water partition coefficient (Wildman–Crippen LogP) is 4.39. The first-order chi connectivity index (χ1) is 9.66. The highest BCUT2D eigenvalue weighted by atomic mass is 16.6. The average molecular weight is 265 g/mol. The molecule has 0 fully saturated rings. The Kier molecular flexibility index (Phi) is 3.11. The molecule has 0 aliphatic heterocycles. The predicted molar refractivity (Wildman–Crippen MR) is 80.5 cm³/mol. The summed E-state index contributed by atoms with van der Waals surface area (Å²) in [6, 6.07) is 13.5. The van der Waals surface area contributed by atoms with Gasteiger partial charge in [-0.15, -0.1) is 0 Å². The highest BCUT2D eigenvalue weighted by Crippen LogP contribution is 2.36. The van der Waals surface area contributed by atoms with Gasteiger partial charge in [-0.05, 0) is 42.0 Å². The van der Waals surface area contributed by atoms with Gasteiger partial charge in [0.1, 0.15) is 0 Å². The molecule has 3 rings (SSSR count). The Balaban J connectivity index is 2.16. The first kappa shape index (κ1) is 12.6. The molecule has 1 aliphatic carbocycles. The maximum absolute atomic E-state index is 11.2. The van der Waals surface area contributed by atoms with Gasteiger partial charge in [-0.1, -0.05) is 42.5 Å². The highest BCUT2D eigenvalue weighted by molar-refractivity contribution is 5.88. The Labute approximate surface area is 117 Å². The number of allylic oxidation sites excluding steroid dienone is 1. The molecule has 2 aromatic rings. The lowest BCUT2D eigenvalue weighted by Gasteiger charge is -2.18. The smallest absolute Gasteiger partial charge is 0.258 e. The highest BCUT2D eigenvalue weighted by Gasteiger charge is 2.21. The van der Waals surface area contributed by atoms with Crippen LogP contribution in [0.4, 0.5) is 5.69 Å². The Morgan fingerprint density at radius 1 is 1.05 bits per heavy atom. The maximum Gasteiger partial charge on any atom is 0.277 e. The molecule has 20 heavy (non-hydrogen) atoms. The van der Waals surface area contributed by atoms with Crippen molar-refractivity contribution in [3.63, 3.8) is 0 Å². The second-order valence-electron chi connectivity index (χ2n) is 5.09. The summed E-state index contributed by atoms with van der Waals surface area (Å²) in [6.45, 7) is 1.93. The van der Waals surface area contributed by atoms with Crippen molar-refractivity contribution in [2.24, 2.45) is 0 Å². The number of fused-ring (bicyclic) bond motifs is 1. The summed E-state index contributed by atoms with van der Waals surface area (Å²) < 4.78 is 0. The minimum absolute atomic E-state index is 0.204. The minimum atomic E-state index is -0.288. The lowest BCUT2D eigenvalue weighted by Crippen LogP contribution is -2.03. The zero-order chi connectivity index (χ0) is 14.1. The molecule has 0 bridgehead atoms. The molecule has 3 heteroatoms. The third-order valence-corrected chi connectivity index (χ3v) is 3.82. The molecule has 3 nitrogen and oxygen atoms in total. The van der Waals surface area contributed by atoms with E-state index in [0.29, 0.717) is 0 Å². The summed E-state index contributed by atoms with van der Waals surface area (Å²) in [6.07, 6.45) is 3.88. The van der Waals surface area contributed by atoms with Crippen LogP contribution in [0, 0.1) is 17.0 Å². The molecular weight excluding hydrogens is 250 g/mol. The first-order valence-corrected chi connectivity index (χ1v) is 6.69. The zero-order valence-electron chi connectivity index (χ0n) is 11.3. The standard InChI is InChI=1S/C17H15NO2/c1-12-5-4-8-16(18(19)20)17(12)15-10-9-13-6-2-3-7-14(13)11-15/h2-8,11H,9-10H2,1H3. The van der Waals surface area contributed by atoms with Gasteiger partial charge in [0.05, 0.1) is 10.5 Å². The molecule has 0 saturated heterocycles. The molecule has 100 valence electrons. The van der Waals surface area contributed by atoms with Gasteiger partial charge in [0.2, 0.25) is 0 Å². The van der Waals surface area contributed by atoms with Crippen LogP contribution in [0.3, 0.4) is 0 Å². The van der Waals surface area contributed by atoms with Crippen LogP contribution in [0.5, 0.6) is 0 Å². The molecule has 2 aromatic carbocycles. The normalized spacial score (nSPS) is 13.6. The fourth-order valence-electron chi connectivity index (χ4n) is 2.85. The molecular formula is C17H15NO2. The van der Waals surface area contributed by atoms with Gasteiger partial charge in [0.25, 0.3) is 5.69 Å². The van der Waals surface area contributed by atoms with Gasteiger partial charge >= 0.3 is 0 Å². The molecule has 0 atom stereocenters. The third-order valence-electron chi connectivity index (χ3n) is 3.82. The van der Waals surface area contributed by atoms with Gasteiger partial charge in [0.15, 0.2) is 0 Å². The molecule has 0 aromatic heterocycles. The number of nitrogens with zero attached hydrogens (tertiary/aromatic N) is 1. The van der Waals surface area contributed by atoms with Gasteiger partial charge in [-0.25, -0.2) is 0 Å². The summed E-state index contributed by atoms with van der Waals surface area (Å²) in [5, 5.41) is 11.2. The quantitative estimate of drug-likeness (QED) is 0.597. The van der Waals surface area contributed by atoms with Crippen LogP contribution in [-0.2, 0) is 6.42 Å². The van der Waals surface area contributed by atoms with E-state index < -0.39 is 0 Å². The number of hydrogen-bond donors (Lipinski definition) is 0. The second-order valence-corrected chi connectivity index (χ2v) is 5.09. The van der Waals surface area contributed by atoms with Crippen LogP contribution in [0.1, 0.15) is 28.7 Å².